The van der Waals surface area contributed by atoms with Crippen molar-refractivity contribution in [3.8, 4) is 0 Å². The topological polar surface area (TPSA) is 71.2 Å². The van der Waals surface area contributed by atoms with E-state index < -0.39 is 0 Å². The summed E-state index contributed by atoms with van der Waals surface area (Å²) in [5, 5.41) is 3.89. The van der Waals surface area contributed by atoms with Crippen molar-refractivity contribution in [2.75, 3.05) is 25.4 Å². The summed E-state index contributed by atoms with van der Waals surface area (Å²) in [6.45, 7) is 3.59. The van der Waals surface area contributed by atoms with Crippen molar-refractivity contribution in [1.29, 1.82) is 0 Å². The monoisotopic (exact) mass is 328 g/mol. The van der Waals surface area contributed by atoms with Crippen LogP contribution in [-0.2, 0) is 0 Å². The molecule has 3 N–H and O–H groups in total. The van der Waals surface area contributed by atoms with Crippen molar-refractivity contribution in [2.24, 2.45) is 17.8 Å². The number of nitrogen functional groups attached to an aromatic ring is 1. The lowest BCUT2D eigenvalue weighted by Crippen LogP contribution is -2.64. The molecule has 3 aliphatic heterocycles. The van der Waals surface area contributed by atoms with E-state index in [2.05, 4.69) is 15.2 Å². The van der Waals surface area contributed by atoms with Gasteiger partial charge in [-0.3, -0.25) is 4.79 Å². The van der Waals surface area contributed by atoms with Crippen molar-refractivity contribution in [2.45, 2.75) is 18.9 Å². The first kappa shape index (κ1) is 13.7. The van der Waals surface area contributed by atoms with Crippen LogP contribution in [0.25, 0.3) is 10.2 Å². The zero-order valence-electron chi connectivity index (χ0n) is 12.9. The second kappa shape index (κ2) is 4.92. The minimum absolute atomic E-state index is 0.0475. The third-order valence-corrected chi connectivity index (χ3v) is 6.60. The molecule has 1 aliphatic carbocycles. The Morgan fingerprint density at radius 2 is 2.04 bits per heavy atom. The predicted octanol–water partition coefficient (Wildman–Crippen LogP) is 1.95. The summed E-state index contributed by atoms with van der Waals surface area (Å²) in [5.74, 6) is 2.17. The molecule has 4 bridgehead atoms. The number of nitrogens with one attached hydrogen (secondary N) is 1. The number of hydrogen-bond acceptors (Lipinski definition) is 5. The van der Waals surface area contributed by atoms with Crippen molar-refractivity contribution in [3.63, 3.8) is 0 Å². The first-order valence-electron chi connectivity index (χ1n) is 8.35. The summed E-state index contributed by atoms with van der Waals surface area (Å²) < 4.78 is 0.978. The van der Waals surface area contributed by atoms with E-state index in [1.54, 1.807) is 0 Å². The molecule has 0 unspecified atom stereocenters. The highest BCUT2D eigenvalue weighted by atomic mass is 32.1. The lowest BCUT2D eigenvalue weighted by molar-refractivity contribution is -0.0418. The van der Waals surface area contributed by atoms with E-state index in [-0.39, 0.29) is 5.91 Å². The molecule has 2 aromatic rings. The summed E-state index contributed by atoms with van der Waals surface area (Å²) >= 11 is 1.43. The van der Waals surface area contributed by atoms with Crippen LogP contribution in [0.15, 0.2) is 18.2 Å². The Morgan fingerprint density at radius 1 is 1.26 bits per heavy atom. The summed E-state index contributed by atoms with van der Waals surface area (Å²) in [7, 11) is 0. The third-order valence-electron chi connectivity index (χ3n) is 5.75. The Hall–Kier alpha value is -1.66. The van der Waals surface area contributed by atoms with E-state index in [0.717, 1.165) is 34.8 Å². The lowest BCUT2D eigenvalue weighted by atomic mass is 9.65. The number of amides is 1. The van der Waals surface area contributed by atoms with Gasteiger partial charge < -0.3 is 16.0 Å². The number of rotatable bonds is 2. The highest BCUT2D eigenvalue weighted by Gasteiger charge is 2.47. The van der Waals surface area contributed by atoms with Crippen LogP contribution in [0.4, 0.5) is 5.13 Å². The Bertz CT molecular complexity index is 758. The molecule has 4 aliphatic rings. The summed E-state index contributed by atoms with van der Waals surface area (Å²) in [4.78, 5) is 19.5. The number of hydrogen-bond donors (Lipinski definition) is 2. The van der Waals surface area contributed by atoms with E-state index in [1.807, 2.05) is 18.2 Å². The molecular weight excluding hydrogens is 308 g/mol. The van der Waals surface area contributed by atoms with Crippen molar-refractivity contribution >= 4 is 32.6 Å². The lowest BCUT2D eigenvalue weighted by Gasteiger charge is -2.55. The van der Waals surface area contributed by atoms with Crippen LogP contribution in [0.1, 0.15) is 23.2 Å². The third kappa shape index (κ3) is 2.23. The molecule has 4 heterocycles. The van der Waals surface area contributed by atoms with Gasteiger partial charge in [-0.25, -0.2) is 4.98 Å². The zero-order chi connectivity index (χ0) is 15.6. The number of nitrogens with zero attached hydrogens (tertiary/aromatic N) is 2. The Labute approximate surface area is 138 Å². The second-order valence-electron chi connectivity index (χ2n) is 7.31. The maximum atomic E-state index is 12.7. The number of piperidine rings is 3. The number of aromatic nitrogens is 1. The van der Waals surface area contributed by atoms with E-state index in [4.69, 9.17) is 5.73 Å². The molecule has 1 aromatic heterocycles. The Kier molecular flexibility index (Phi) is 2.94. The number of nitrogens with two attached hydrogens (primary N) is 1. The smallest absolute Gasteiger partial charge is 0.251 e. The number of carbonyl (C=O) groups excluding carboxylic acids is 1. The molecule has 2 atom stereocenters. The molecule has 0 radical (unpaired) electrons. The molecule has 3 saturated heterocycles. The zero-order valence-corrected chi connectivity index (χ0v) is 13.7. The minimum Gasteiger partial charge on any atom is -0.375 e. The molecule has 1 saturated carbocycles. The summed E-state index contributed by atoms with van der Waals surface area (Å²) in [6.07, 6.45) is 2.56. The molecule has 6 rings (SSSR count). The van der Waals surface area contributed by atoms with Gasteiger partial charge in [-0.2, -0.15) is 0 Å². The minimum atomic E-state index is 0.0475. The molecule has 23 heavy (non-hydrogen) atoms. The SMILES string of the molecule is Nc1nc2ccc(C(=O)NC3[C@@H]4CC5C[C@@H]3CN(C5)C4)cc2s1. The molecule has 120 valence electrons. The van der Waals surface area contributed by atoms with Crippen LogP contribution >= 0.6 is 11.3 Å². The average molecular weight is 328 g/mol. The van der Waals surface area contributed by atoms with Crippen LogP contribution in [0.3, 0.4) is 0 Å². The second-order valence-corrected chi connectivity index (χ2v) is 8.37. The van der Waals surface area contributed by atoms with Gasteiger partial charge in [-0.1, -0.05) is 11.3 Å². The first-order chi connectivity index (χ1) is 11.2. The molecule has 4 fully saturated rings. The van der Waals surface area contributed by atoms with E-state index in [9.17, 15) is 4.79 Å². The molecule has 5 nitrogen and oxygen atoms in total. The fourth-order valence-electron chi connectivity index (χ4n) is 4.96. The van der Waals surface area contributed by atoms with Crippen LogP contribution in [0, 0.1) is 17.8 Å². The van der Waals surface area contributed by atoms with Crippen LogP contribution < -0.4 is 11.1 Å². The fraction of sp³-hybridized carbons (Fsp3) is 0.529. The highest BCUT2D eigenvalue weighted by molar-refractivity contribution is 7.22. The van der Waals surface area contributed by atoms with Gasteiger partial charge in [0.25, 0.3) is 5.91 Å². The average Bonchev–Trinajstić information content (AvgIpc) is 2.89. The van der Waals surface area contributed by atoms with Crippen LogP contribution in [0.5, 0.6) is 0 Å². The van der Waals surface area contributed by atoms with Gasteiger partial charge in [0.05, 0.1) is 10.2 Å². The van der Waals surface area contributed by atoms with E-state index >= 15 is 0 Å². The largest absolute Gasteiger partial charge is 0.375 e. The quantitative estimate of drug-likeness (QED) is 0.884. The number of thiazole rings is 1. The van der Waals surface area contributed by atoms with E-state index in [0.29, 0.717) is 23.0 Å². The highest BCUT2D eigenvalue weighted by Crippen LogP contribution is 2.43. The van der Waals surface area contributed by atoms with Crippen LogP contribution in [0.2, 0.25) is 0 Å². The molecule has 1 amide bonds. The number of fused-ring (bicyclic) bond motifs is 1. The number of benzene rings is 1. The van der Waals surface area contributed by atoms with Gasteiger partial charge in [0.15, 0.2) is 5.13 Å². The first-order valence-corrected chi connectivity index (χ1v) is 9.16. The molecular formula is C17H20N4OS. The number of carbonyl (C=O) groups is 1. The summed E-state index contributed by atoms with van der Waals surface area (Å²) in [5.41, 5.74) is 7.33. The maximum Gasteiger partial charge on any atom is 0.251 e. The predicted molar refractivity (Wildman–Crippen MR) is 91.4 cm³/mol. The van der Waals surface area contributed by atoms with E-state index in [1.165, 1.54) is 30.7 Å². The maximum absolute atomic E-state index is 12.7. The Morgan fingerprint density at radius 3 is 2.78 bits per heavy atom. The number of anilines is 1. The molecule has 0 spiro atoms. The molecule has 1 aromatic carbocycles. The van der Waals surface area contributed by atoms with Gasteiger partial charge in [-0.15, -0.1) is 0 Å². The van der Waals surface area contributed by atoms with Gasteiger partial charge >= 0.3 is 0 Å². The standard InChI is InChI=1S/C17H20N4OS/c18-17-19-13-2-1-10(5-14(13)23-17)16(22)20-15-11-3-9-4-12(15)8-21(6-9)7-11/h1-2,5,9,11-12,15H,3-4,6-8H2,(H2,18,19)(H,20,22)/t9?,11-,12-,15?/m1/s1. The van der Waals surface area contributed by atoms with Crippen LogP contribution in [-0.4, -0.2) is 41.5 Å². The van der Waals surface area contributed by atoms with Gasteiger partial charge in [0, 0.05) is 31.2 Å². The van der Waals surface area contributed by atoms with Crippen molar-refractivity contribution in [3.05, 3.63) is 23.8 Å². The van der Waals surface area contributed by atoms with Crippen molar-refractivity contribution in [1.82, 2.24) is 15.2 Å². The molecule has 6 heteroatoms. The normalized spacial score (nSPS) is 34.9. The summed E-state index contributed by atoms with van der Waals surface area (Å²) in [6, 6.07) is 6.01. The van der Waals surface area contributed by atoms with Gasteiger partial charge in [0.1, 0.15) is 0 Å². The van der Waals surface area contributed by atoms with Crippen molar-refractivity contribution < 1.29 is 4.79 Å². The Balaban J connectivity index is 1.38. The van der Waals surface area contributed by atoms with Gasteiger partial charge in [-0.05, 0) is 48.8 Å². The fourth-order valence-corrected chi connectivity index (χ4v) is 5.74. The van der Waals surface area contributed by atoms with Gasteiger partial charge in [0.2, 0.25) is 0 Å².